The van der Waals surface area contributed by atoms with Crippen molar-refractivity contribution >= 4 is 5.91 Å². The highest BCUT2D eigenvalue weighted by Gasteiger charge is 2.16. The molecule has 0 saturated heterocycles. The molecule has 0 spiro atoms. The Morgan fingerprint density at radius 2 is 1.96 bits per heavy atom. The molecule has 1 amide bonds. The number of ether oxygens (including phenoxy) is 2. The standard InChI is InChI=1S/C18H30N2O3/c1-5-9-23-16-8-7-14(11-17(16)22-6-2)18(21)20-15(12-19)10-13(3)4/h7-8,11,13,15H,5-6,9-10,12,19H2,1-4H3,(H,20,21). The maximum Gasteiger partial charge on any atom is 0.251 e. The van der Waals surface area contributed by atoms with Crippen molar-refractivity contribution in [3.63, 3.8) is 0 Å². The highest BCUT2D eigenvalue weighted by atomic mass is 16.5. The molecule has 0 aliphatic rings. The van der Waals surface area contributed by atoms with Gasteiger partial charge in [0.25, 0.3) is 5.91 Å². The van der Waals surface area contributed by atoms with Crippen LogP contribution in [0.1, 0.15) is 50.9 Å². The molecule has 1 atom stereocenters. The van der Waals surface area contributed by atoms with Crippen molar-refractivity contribution in [1.82, 2.24) is 5.32 Å². The Hall–Kier alpha value is -1.75. The number of carbonyl (C=O) groups excluding carboxylic acids is 1. The molecule has 0 saturated carbocycles. The summed E-state index contributed by atoms with van der Waals surface area (Å²) in [6.45, 7) is 9.75. The molecular weight excluding hydrogens is 292 g/mol. The predicted octanol–water partition coefficient (Wildman–Crippen LogP) is 2.98. The van der Waals surface area contributed by atoms with Gasteiger partial charge in [-0.15, -0.1) is 0 Å². The topological polar surface area (TPSA) is 73.6 Å². The van der Waals surface area contributed by atoms with Gasteiger partial charge in [0.1, 0.15) is 0 Å². The van der Waals surface area contributed by atoms with Gasteiger partial charge in [-0.25, -0.2) is 0 Å². The summed E-state index contributed by atoms with van der Waals surface area (Å²) in [5, 5.41) is 2.99. The first-order valence-corrected chi connectivity index (χ1v) is 8.42. The molecule has 0 heterocycles. The molecule has 130 valence electrons. The fourth-order valence-corrected chi connectivity index (χ4v) is 2.30. The molecule has 23 heavy (non-hydrogen) atoms. The summed E-state index contributed by atoms with van der Waals surface area (Å²) in [6, 6.07) is 5.25. The molecule has 5 nitrogen and oxygen atoms in total. The van der Waals surface area contributed by atoms with Crippen LogP contribution >= 0.6 is 0 Å². The Balaban J connectivity index is 2.85. The first kappa shape index (κ1) is 19.3. The molecule has 1 rings (SSSR count). The SMILES string of the molecule is CCCOc1ccc(C(=O)NC(CN)CC(C)C)cc1OCC. The van der Waals surface area contributed by atoms with E-state index in [-0.39, 0.29) is 11.9 Å². The predicted molar refractivity (Wildman–Crippen MR) is 93.2 cm³/mol. The van der Waals surface area contributed by atoms with Crippen LogP contribution < -0.4 is 20.5 Å². The van der Waals surface area contributed by atoms with E-state index in [1.165, 1.54) is 0 Å². The van der Waals surface area contributed by atoms with E-state index < -0.39 is 0 Å². The number of nitrogens with two attached hydrogens (primary N) is 1. The third kappa shape index (κ3) is 6.48. The van der Waals surface area contributed by atoms with Crippen LogP contribution in [0, 0.1) is 5.92 Å². The van der Waals surface area contributed by atoms with Gasteiger partial charge in [0.05, 0.1) is 13.2 Å². The van der Waals surface area contributed by atoms with E-state index in [0.29, 0.717) is 42.7 Å². The number of benzene rings is 1. The van der Waals surface area contributed by atoms with Crippen LogP contribution in [-0.4, -0.2) is 31.7 Å². The smallest absolute Gasteiger partial charge is 0.251 e. The van der Waals surface area contributed by atoms with Gasteiger partial charge in [-0.05, 0) is 43.9 Å². The Kier molecular flexibility index (Phi) is 8.48. The summed E-state index contributed by atoms with van der Waals surface area (Å²) in [4.78, 5) is 12.4. The number of hydrogen-bond acceptors (Lipinski definition) is 4. The summed E-state index contributed by atoms with van der Waals surface area (Å²) in [5.41, 5.74) is 6.30. The van der Waals surface area contributed by atoms with E-state index in [4.69, 9.17) is 15.2 Å². The Morgan fingerprint density at radius 1 is 1.22 bits per heavy atom. The average molecular weight is 322 g/mol. The fraction of sp³-hybridized carbons (Fsp3) is 0.611. The molecule has 0 aliphatic carbocycles. The van der Waals surface area contributed by atoms with E-state index in [9.17, 15) is 4.79 Å². The molecule has 1 aromatic rings. The van der Waals surface area contributed by atoms with Crippen LogP contribution in [0.3, 0.4) is 0 Å². The lowest BCUT2D eigenvalue weighted by molar-refractivity contribution is 0.0933. The number of amides is 1. The van der Waals surface area contributed by atoms with Crippen molar-refractivity contribution < 1.29 is 14.3 Å². The van der Waals surface area contributed by atoms with Crippen LogP contribution in [0.2, 0.25) is 0 Å². The Bertz CT molecular complexity index is 489. The molecule has 5 heteroatoms. The van der Waals surface area contributed by atoms with Gasteiger partial charge < -0.3 is 20.5 Å². The third-order valence-corrected chi connectivity index (χ3v) is 3.34. The summed E-state index contributed by atoms with van der Waals surface area (Å²) in [5.74, 6) is 1.61. The quantitative estimate of drug-likeness (QED) is 0.694. The van der Waals surface area contributed by atoms with Crippen molar-refractivity contribution in [3.8, 4) is 11.5 Å². The second-order valence-electron chi connectivity index (χ2n) is 5.98. The summed E-state index contributed by atoms with van der Waals surface area (Å²) in [7, 11) is 0. The number of rotatable bonds is 10. The zero-order valence-corrected chi connectivity index (χ0v) is 14.7. The average Bonchev–Trinajstić information content (AvgIpc) is 2.52. The van der Waals surface area contributed by atoms with E-state index >= 15 is 0 Å². The number of carbonyl (C=O) groups is 1. The lowest BCUT2D eigenvalue weighted by Crippen LogP contribution is -2.41. The van der Waals surface area contributed by atoms with Crippen LogP contribution in [0.25, 0.3) is 0 Å². The molecule has 1 aromatic carbocycles. The second kappa shape index (κ2) is 10.1. The molecule has 0 aliphatic heterocycles. The molecule has 0 fully saturated rings. The van der Waals surface area contributed by atoms with Crippen LogP contribution in [-0.2, 0) is 0 Å². The Morgan fingerprint density at radius 3 is 2.52 bits per heavy atom. The minimum absolute atomic E-state index is 0.0194. The zero-order valence-electron chi connectivity index (χ0n) is 14.7. The van der Waals surface area contributed by atoms with Gasteiger partial charge in [0.2, 0.25) is 0 Å². The van der Waals surface area contributed by atoms with E-state index in [1.807, 2.05) is 13.8 Å². The Labute approximate surface area is 139 Å². The second-order valence-corrected chi connectivity index (χ2v) is 5.98. The lowest BCUT2D eigenvalue weighted by Gasteiger charge is -2.19. The van der Waals surface area contributed by atoms with Crippen LogP contribution in [0.4, 0.5) is 0 Å². The van der Waals surface area contributed by atoms with E-state index in [0.717, 1.165) is 12.8 Å². The zero-order chi connectivity index (χ0) is 17.2. The van der Waals surface area contributed by atoms with Gasteiger partial charge in [-0.1, -0.05) is 20.8 Å². The van der Waals surface area contributed by atoms with Crippen molar-refractivity contribution in [2.75, 3.05) is 19.8 Å². The van der Waals surface area contributed by atoms with Gasteiger partial charge >= 0.3 is 0 Å². The third-order valence-electron chi connectivity index (χ3n) is 3.34. The highest BCUT2D eigenvalue weighted by molar-refractivity contribution is 5.95. The normalized spacial score (nSPS) is 12.1. The minimum Gasteiger partial charge on any atom is -0.490 e. The monoisotopic (exact) mass is 322 g/mol. The largest absolute Gasteiger partial charge is 0.490 e. The minimum atomic E-state index is -0.135. The van der Waals surface area contributed by atoms with Gasteiger partial charge in [-0.2, -0.15) is 0 Å². The van der Waals surface area contributed by atoms with Gasteiger partial charge in [0.15, 0.2) is 11.5 Å². The van der Waals surface area contributed by atoms with E-state index in [2.05, 4.69) is 19.2 Å². The molecule has 0 bridgehead atoms. The molecule has 1 unspecified atom stereocenters. The molecular formula is C18H30N2O3. The fourth-order valence-electron chi connectivity index (χ4n) is 2.30. The van der Waals surface area contributed by atoms with Gasteiger partial charge in [-0.3, -0.25) is 4.79 Å². The van der Waals surface area contributed by atoms with Crippen molar-refractivity contribution in [1.29, 1.82) is 0 Å². The molecule has 0 aromatic heterocycles. The number of nitrogens with one attached hydrogen (secondary N) is 1. The maximum absolute atomic E-state index is 12.4. The van der Waals surface area contributed by atoms with Gasteiger partial charge in [0, 0.05) is 18.2 Å². The highest BCUT2D eigenvalue weighted by Crippen LogP contribution is 2.28. The van der Waals surface area contributed by atoms with Crippen molar-refractivity contribution in [3.05, 3.63) is 23.8 Å². The first-order chi connectivity index (χ1) is 11.0. The summed E-state index contributed by atoms with van der Waals surface area (Å²) in [6.07, 6.45) is 1.78. The molecule has 0 radical (unpaired) electrons. The summed E-state index contributed by atoms with van der Waals surface area (Å²) >= 11 is 0. The summed E-state index contributed by atoms with van der Waals surface area (Å²) < 4.78 is 11.2. The first-order valence-electron chi connectivity index (χ1n) is 8.42. The van der Waals surface area contributed by atoms with E-state index in [1.54, 1.807) is 18.2 Å². The lowest BCUT2D eigenvalue weighted by atomic mass is 10.0. The number of hydrogen-bond donors (Lipinski definition) is 2. The van der Waals surface area contributed by atoms with Crippen LogP contribution in [0.5, 0.6) is 11.5 Å². The van der Waals surface area contributed by atoms with Crippen molar-refractivity contribution in [2.45, 2.75) is 46.6 Å². The maximum atomic E-state index is 12.4. The molecule has 3 N–H and O–H groups in total. The van der Waals surface area contributed by atoms with Crippen LogP contribution in [0.15, 0.2) is 18.2 Å². The van der Waals surface area contributed by atoms with Crippen molar-refractivity contribution in [2.24, 2.45) is 11.7 Å².